The second kappa shape index (κ2) is 10.5. The van der Waals surface area contributed by atoms with Gasteiger partial charge in [0.05, 0.1) is 17.1 Å². The predicted octanol–water partition coefficient (Wildman–Crippen LogP) is -0.0845. The number of aliphatic carboxylic acids is 2. The molecule has 2 aliphatic heterocycles. The van der Waals surface area contributed by atoms with Crippen molar-refractivity contribution in [1.82, 2.24) is 15.2 Å². The highest BCUT2D eigenvalue weighted by molar-refractivity contribution is 8.00. The zero-order chi connectivity index (χ0) is 28.8. The Bertz CT molecular complexity index is 1610. The Balaban J connectivity index is 1.36. The van der Waals surface area contributed by atoms with Crippen LogP contribution in [0.2, 0.25) is 0 Å². The molecule has 0 radical (unpaired) electrons. The van der Waals surface area contributed by atoms with Crippen LogP contribution in [0.5, 0.6) is 0 Å². The number of oxime groups is 1. The number of β-lactam (4-membered cyclic amide) rings is 1. The number of nitrogens with zero attached hydrogens (tertiary/aromatic N) is 4. The molecule has 13 nitrogen and oxygen atoms in total. The van der Waals surface area contributed by atoms with Gasteiger partial charge >= 0.3 is 5.97 Å². The van der Waals surface area contributed by atoms with Crippen molar-refractivity contribution in [1.29, 1.82) is 0 Å². The first kappa shape index (κ1) is 27.5. The van der Waals surface area contributed by atoms with Crippen LogP contribution in [0.4, 0.5) is 5.13 Å². The molecule has 5 heterocycles. The number of carboxylic acid groups (broad SMARTS) is 2. The molecule has 5 rings (SSSR count). The number of rotatable bonds is 9. The molecule has 2 aliphatic rings. The lowest BCUT2D eigenvalue weighted by atomic mass is 10.0. The van der Waals surface area contributed by atoms with Gasteiger partial charge in [0.15, 0.2) is 29.8 Å². The summed E-state index contributed by atoms with van der Waals surface area (Å²) in [5, 5.41) is 31.6. The number of hydrogen-bond donors (Lipinski definition) is 3. The molecule has 1 fully saturated rings. The van der Waals surface area contributed by atoms with Crippen molar-refractivity contribution in [3.05, 3.63) is 52.3 Å². The van der Waals surface area contributed by atoms with E-state index in [4.69, 9.17) is 10.6 Å². The molecule has 4 N–H and O–H groups in total. The third-order valence-electron chi connectivity index (χ3n) is 6.21. The van der Waals surface area contributed by atoms with Crippen LogP contribution in [0.25, 0.3) is 10.1 Å². The standard InChI is InChI=1S/C24H22N6O7S3/c1-24(2,22(35)36)37-28-15(13-10-40-23(25)26-13)18(31)27-16-19(32)30-17(21(33)34)12(9-39-20(16)30)8-29-5-3-14-11(7-29)4-6-38-14/h3-7,10,16,20H,8-9H2,1-2H3,(H4-,25,26,27,31,33,34,35,36)/t16?,20-/m0/s1. The second-order valence-electron chi connectivity index (χ2n) is 9.38. The van der Waals surface area contributed by atoms with Gasteiger partial charge in [-0.1, -0.05) is 5.16 Å². The summed E-state index contributed by atoms with van der Waals surface area (Å²) < 4.78 is 2.94. The van der Waals surface area contributed by atoms with Gasteiger partial charge in [-0.15, -0.1) is 34.4 Å². The molecule has 0 aliphatic carbocycles. The molecule has 0 bridgehead atoms. The monoisotopic (exact) mass is 602 g/mol. The van der Waals surface area contributed by atoms with Crippen molar-refractivity contribution in [3.8, 4) is 0 Å². The molecule has 0 spiro atoms. The molecule has 0 saturated carbocycles. The van der Waals surface area contributed by atoms with E-state index in [1.165, 1.54) is 31.0 Å². The highest BCUT2D eigenvalue weighted by atomic mass is 32.2. The highest BCUT2D eigenvalue weighted by Gasteiger charge is 2.53. The summed E-state index contributed by atoms with van der Waals surface area (Å²) in [6, 6.07) is 2.83. The van der Waals surface area contributed by atoms with Crippen LogP contribution in [0, 0.1) is 0 Å². The summed E-state index contributed by atoms with van der Waals surface area (Å²) in [7, 11) is 0. The lowest BCUT2D eigenvalue weighted by Gasteiger charge is -2.50. The Kier molecular flexibility index (Phi) is 7.24. The number of nitrogen functional groups attached to an aromatic ring is 1. The number of carboxylic acids is 2. The van der Waals surface area contributed by atoms with Crippen LogP contribution in [-0.4, -0.2) is 67.2 Å². The molecule has 1 saturated heterocycles. The lowest BCUT2D eigenvalue weighted by molar-refractivity contribution is -0.687. The summed E-state index contributed by atoms with van der Waals surface area (Å²) >= 11 is 3.93. The van der Waals surface area contributed by atoms with Crippen molar-refractivity contribution < 1.29 is 38.8 Å². The van der Waals surface area contributed by atoms with E-state index in [1.807, 2.05) is 34.5 Å². The van der Waals surface area contributed by atoms with Gasteiger partial charge in [-0.05, 0) is 25.3 Å². The first-order valence-electron chi connectivity index (χ1n) is 11.7. The first-order valence-corrected chi connectivity index (χ1v) is 14.5. The number of carbonyl (C=O) groups excluding carboxylic acids is 3. The number of anilines is 1. The van der Waals surface area contributed by atoms with Gasteiger partial charge in [-0.3, -0.25) is 14.5 Å². The highest BCUT2D eigenvalue weighted by Crippen LogP contribution is 2.40. The number of aromatic nitrogens is 2. The van der Waals surface area contributed by atoms with Crippen molar-refractivity contribution in [3.63, 3.8) is 0 Å². The van der Waals surface area contributed by atoms with Gasteiger partial charge in [0.1, 0.15) is 17.1 Å². The van der Waals surface area contributed by atoms with Crippen LogP contribution in [0.1, 0.15) is 19.5 Å². The van der Waals surface area contributed by atoms with E-state index in [2.05, 4.69) is 15.5 Å². The number of amides is 2. The van der Waals surface area contributed by atoms with Crippen LogP contribution in [0.15, 0.2) is 51.7 Å². The summed E-state index contributed by atoms with van der Waals surface area (Å²) in [4.78, 5) is 60.1. The van der Waals surface area contributed by atoms with E-state index in [0.717, 1.165) is 26.3 Å². The minimum Gasteiger partial charge on any atom is -0.543 e. The normalized spacial score (nSPS) is 19.3. The van der Waals surface area contributed by atoms with Crippen molar-refractivity contribution >= 4 is 79.1 Å². The molecule has 2 atom stereocenters. The SMILES string of the molecule is CC(C)(ON=C(C(=O)NC1C(=O)N2C(C(=O)[O-])=C(C[n+]3ccc4sccc4c3)CS[C@@H]12)c1csc(N)n1)C(=O)O. The average Bonchev–Trinajstić information content (AvgIpc) is 3.55. The van der Waals surface area contributed by atoms with Gasteiger partial charge in [-0.2, -0.15) is 0 Å². The van der Waals surface area contributed by atoms with Crippen LogP contribution >= 0.6 is 34.4 Å². The zero-order valence-corrected chi connectivity index (χ0v) is 23.5. The molecule has 2 amide bonds. The van der Waals surface area contributed by atoms with E-state index in [-0.39, 0.29) is 34.5 Å². The molecule has 40 heavy (non-hydrogen) atoms. The van der Waals surface area contributed by atoms with E-state index in [1.54, 1.807) is 11.3 Å². The van der Waals surface area contributed by atoms with Gasteiger partial charge in [0.25, 0.3) is 11.8 Å². The summed E-state index contributed by atoms with van der Waals surface area (Å²) in [6.45, 7) is 2.74. The Morgan fingerprint density at radius 3 is 2.80 bits per heavy atom. The smallest absolute Gasteiger partial charge is 0.350 e. The minimum absolute atomic E-state index is 0.0262. The molecule has 1 unspecified atom stereocenters. The van der Waals surface area contributed by atoms with Crippen molar-refractivity contribution in [2.24, 2.45) is 5.16 Å². The fourth-order valence-electron chi connectivity index (χ4n) is 4.08. The van der Waals surface area contributed by atoms with Crippen LogP contribution < -0.4 is 20.7 Å². The molecule has 3 aromatic heterocycles. The topological polar surface area (TPSA) is 191 Å². The maximum Gasteiger partial charge on any atom is 0.350 e. The summed E-state index contributed by atoms with van der Waals surface area (Å²) in [6.07, 6.45) is 3.75. The molecule has 208 valence electrons. The van der Waals surface area contributed by atoms with Gasteiger partial charge in [0, 0.05) is 27.5 Å². The number of thioether (sulfide) groups is 1. The zero-order valence-electron chi connectivity index (χ0n) is 21.0. The molecular weight excluding hydrogens is 581 g/mol. The van der Waals surface area contributed by atoms with Crippen LogP contribution in [0.3, 0.4) is 0 Å². The molecular formula is C24H22N6O7S3. The van der Waals surface area contributed by atoms with E-state index >= 15 is 0 Å². The number of pyridine rings is 1. The maximum atomic E-state index is 13.2. The van der Waals surface area contributed by atoms with E-state index < -0.39 is 40.8 Å². The number of nitrogens with one attached hydrogen (secondary N) is 1. The Morgan fingerprint density at radius 1 is 1.35 bits per heavy atom. The molecule has 3 aromatic rings. The Morgan fingerprint density at radius 2 is 2.12 bits per heavy atom. The minimum atomic E-state index is -1.76. The molecule has 0 aromatic carbocycles. The number of carbonyl (C=O) groups is 4. The molecule has 16 heteroatoms. The number of fused-ring (bicyclic) bond motifs is 2. The summed E-state index contributed by atoms with van der Waals surface area (Å²) in [5.74, 6) is -4.01. The van der Waals surface area contributed by atoms with E-state index in [0.29, 0.717) is 5.57 Å². The third kappa shape index (κ3) is 5.12. The van der Waals surface area contributed by atoms with E-state index in [9.17, 15) is 29.4 Å². The van der Waals surface area contributed by atoms with Crippen molar-refractivity contribution in [2.75, 3.05) is 11.5 Å². The third-order valence-corrected chi connectivity index (χ3v) is 9.12. The van der Waals surface area contributed by atoms with Crippen molar-refractivity contribution in [2.45, 2.75) is 37.4 Å². The lowest BCUT2D eigenvalue weighted by Crippen LogP contribution is -2.71. The number of thiophene rings is 1. The Hall–Kier alpha value is -4.02. The maximum absolute atomic E-state index is 13.2. The van der Waals surface area contributed by atoms with Gasteiger partial charge < -0.3 is 30.9 Å². The predicted molar refractivity (Wildman–Crippen MR) is 145 cm³/mol. The van der Waals surface area contributed by atoms with Gasteiger partial charge in [0.2, 0.25) is 5.60 Å². The van der Waals surface area contributed by atoms with Crippen LogP contribution in [-0.2, 0) is 30.6 Å². The first-order chi connectivity index (χ1) is 19.0. The number of thiazole rings is 1. The fraction of sp³-hybridized carbons (Fsp3) is 0.292. The summed E-state index contributed by atoms with van der Waals surface area (Å²) in [5.41, 5.74) is 3.85. The largest absolute Gasteiger partial charge is 0.543 e. The number of hydrogen-bond acceptors (Lipinski definition) is 12. The quantitative estimate of drug-likeness (QED) is 0.129. The average molecular weight is 603 g/mol. The second-order valence-corrected chi connectivity index (χ2v) is 12.3. The van der Waals surface area contributed by atoms with Gasteiger partial charge in [-0.25, -0.2) is 14.3 Å². The fourth-order valence-corrected chi connectivity index (χ4v) is 6.72. The number of nitrogens with two attached hydrogens (primary N) is 1. The Labute approximate surface area is 238 Å².